The molecule has 3 heteroatoms. The van der Waals surface area contributed by atoms with Gasteiger partial charge in [-0.3, -0.25) is 4.79 Å². The first-order chi connectivity index (χ1) is 4.79. The highest BCUT2D eigenvalue weighted by Gasteiger charge is 2.42. The van der Waals surface area contributed by atoms with E-state index in [4.69, 9.17) is 10.5 Å². The molecular formula is C7H13NO2. The van der Waals surface area contributed by atoms with Crippen LogP contribution in [0.1, 0.15) is 13.3 Å². The zero-order valence-electron chi connectivity index (χ0n) is 6.17. The predicted molar refractivity (Wildman–Crippen MR) is 37.3 cm³/mol. The minimum absolute atomic E-state index is 0.0713. The maximum Gasteiger partial charge on any atom is 0.309 e. The van der Waals surface area contributed by atoms with Gasteiger partial charge in [-0.05, 0) is 25.8 Å². The van der Waals surface area contributed by atoms with Crippen molar-refractivity contribution >= 4 is 5.97 Å². The van der Waals surface area contributed by atoms with Gasteiger partial charge in [-0.25, -0.2) is 0 Å². The third-order valence-corrected chi connectivity index (χ3v) is 1.81. The summed E-state index contributed by atoms with van der Waals surface area (Å²) < 4.78 is 4.80. The highest BCUT2D eigenvalue weighted by molar-refractivity contribution is 5.75. The number of carbonyl (C=O) groups is 1. The van der Waals surface area contributed by atoms with Gasteiger partial charge >= 0.3 is 5.97 Å². The van der Waals surface area contributed by atoms with Gasteiger partial charge in [0, 0.05) is 0 Å². The lowest BCUT2D eigenvalue weighted by Gasteiger charge is -1.97. The molecule has 2 N–H and O–H groups in total. The van der Waals surface area contributed by atoms with Crippen molar-refractivity contribution in [2.75, 3.05) is 13.2 Å². The van der Waals surface area contributed by atoms with Crippen molar-refractivity contribution in [3.8, 4) is 0 Å². The summed E-state index contributed by atoms with van der Waals surface area (Å²) in [5.41, 5.74) is 5.35. The lowest BCUT2D eigenvalue weighted by Crippen LogP contribution is -2.11. The molecule has 0 amide bonds. The van der Waals surface area contributed by atoms with Crippen molar-refractivity contribution < 1.29 is 9.53 Å². The molecule has 0 radical (unpaired) electrons. The Morgan fingerprint density at radius 1 is 1.80 bits per heavy atom. The molecule has 0 unspecified atom stereocenters. The first kappa shape index (κ1) is 7.54. The number of nitrogens with two attached hydrogens (primary N) is 1. The zero-order chi connectivity index (χ0) is 7.56. The lowest BCUT2D eigenvalue weighted by atomic mass is 10.3. The van der Waals surface area contributed by atoms with Gasteiger partial charge in [0.1, 0.15) is 0 Å². The molecule has 1 aliphatic rings. The Morgan fingerprint density at radius 2 is 2.50 bits per heavy atom. The molecule has 1 aliphatic carbocycles. The molecule has 0 spiro atoms. The standard InChI is InChI=1S/C7H13NO2/c1-2-10-7(9)6-3-5(6)4-8/h5-6H,2-4,8H2,1H3/t5-,6-/m1/s1. The monoisotopic (exact) mass is 143 g/mol. The second-order valence-corrected chi connectivity index (χ2v) is 2.59. The van der Waals surface area contributed by atoms with Crippen LogP contribution in [0.4, 0.5) is 0 Å². The van der Waals surface area contributed by atoms with Crippen LogP contribution in [-0.2, 0) is 9.53 Å². The minimum Gasteiger partial charge on any atom is -0.466 e. The summed E-state index contributed by atoms with van der Waals surface area (Å²) in [6.07, 6.45) is 0.926. The topological polar surface area (TPSA) is 52.3 Å². The number of esters is 1. The maximum atomic E-state index is 10.9. The summed E-state index contributed by atoms with van der Waals surface area (Å²) in [6.45, 7) is 2.91. The largest absolute Gasteiger partial charge is 0.466 e. The van der Waals surface area contributed by atoms with Crippen molar-refractivity contribution in [2.24, 2.45) is 17.6 Å². The molecule has 0 aromatic carbocycles. The van der Waals surface area contributed by atoms with E-state index in [0.29, 0.717) is 19.1 Å². The summed E-state index contributed by atoms with van der Waals surface area (Å²) in [7, 11) is 0. The van der Waals surface area contributed by atoms with Crippen molar-refractivity contribution in [3.05, 3.63) is 0 Å². The molecule has 2 atom stereocenters. The average molecular weight is 143 g/mol. The average Bonchev–Trinajstić information content (AvgIpc) is 2.66. The number of rotatable bonds is 3. The maximum absolute atomic E-state index is 10.9. The molecule has 58 valence electrons. The summed E-state index contributed by atoms with van der Waals surface area (Å²) in [6, 6.07) is 0. The quantitative estimate of drug-likeness (QED) is 0.572. The molecule has 1 rings (SSSR count). The van der Waals surface area contributed by atoms with E-state index in [0.717, 1.165) is 6.42 Å². The van der Waals surface area contributed by atoms with Crippen LogP contribution in [0.15, 0.2) is 0 Å². The molecule has 0 saturated heterocycles. The van der Waals surface area contributed by atoms with Crippen LogP contribution in [0, 0.1) is 11.8 Å². The van der Waals surface area contributed by atoms with Gasteiger partial charge in [0.05, 0.1) is 12.5 Å². The summed E-state index contributed by atoms with van der Waals surface area (Å²) in [4.78, 5) is 10.9. The molecule has 0 heterocycles. The van der Waals surface area contributed by atoms with Crippen molar-refractivity contribution in [3.63, 3.8) is 0 Å². The van der Waals surface area contributed by atoms with E-state index in [-0.39, 0.29) is 11.9 Å². The number of ether oxygens (including phenoxy) is 1. The predicted octanol–water partition coefficient (Wildman–Crippen LogP) is 0.144. The molecule has 3 nitrogen and oxygen atoms in total. The van der Waals surface area contributed by atoms with E-state index < -0.39 is 0 Å². The summed E-state index contributed by atoms with van der Waals surface area (Å²) in [5.74, 6) is 0.446. The van der Waals surface area contributed by atoms with E-state index >= 15 is 0 Å². The van der Waals surface area contributed by atoms with Crippen molar-refractivity contribution in [1.29, 1.82) is 0 Å². The van der Waals surface area contributed by atoms with E-state index in [2.05, 4.69) is 0 Å². The Hall–Kier alpha value is -0.570. The molecule has 0 aromatic rings. The highest BCUT2D eigenvalue weighted by Crippen LogP contribution is 2.38. The van der Waals surface area contributed by atoms with E-state index in [1.54, 1.807) is 0 Å². The minimum atomic E-state index is -0.0713. The molecule has 1 fully saturated rings. The highest BCUT2D eigenvalue weighted by atomic mass is 16.5. The SMILES string of the molecule is CCOC(=O)[C@@H]1C[C@@H]1CN. The van der Waals surface area contributed by atoms with Crippen LogP contribution < -0.4 is 5.73 Å². The first-order valence-electron chi connectivity index (χ1n) is 3.66. The Morgan fingerprint density at radius 3 is 2.90 bits per heavy atom. The normalized spacial score (nSPS) is 29.8. The summed E-state index contributed by atoms with van der Waals surface area (Å²) >= 11 is 0. The van der Waals surface area contributed by atoms with Crippen LogP contribution in [0.2, 0.25) is 0 Å². The van der Waals surface area contributed by atoms with Gasteiger partial charge in [0.2, 0.25) is 0 Å². The fraction of sp³-hybridized carbons (Fsp3) is 0.857. The van der Waals surface area contributed by atoms with Gasteiger partial charge in [0.25, 0.3) is 0 Å². The van der Waals surface area contributed by atoms with E-state index in [1.807, 2.05) is 6.92 Å². The second-order valence-electron chi connectivity index (χ2n) is 2.59. The van der Waals surface area contributed by atoms with Crippen LogP contribution in [0.25, 0.3) is 0 Å². The molecule has 0 aromatic heterocycles. The Balaban J connectivity index is 2.19. The summed E-state index contributed by atoms with van der Waals surface area (Å²) in [5, 5.41) is 0. The van der Waals surface area contributed by atoms with Crippen LogP contribution in [0.5, 0.6) is 0 Å². The fourth-order valence-electron chi connectivity index (χ4n) is 1.05. The third kappa shape index (κ3) is 1.48. The number of hydrogen-bond donors (Lipinski definition) is 1. The molecule has 10 heavy (non-hydrogen) atoms. The molecular weight excluding hydrogens is 130 g/mol. The van der Waals surface area contributed by atoms with Gasteiger partial charge in [0.15, 0.2) is 0 Å². The van der Waals surface area contributed by atoms with Gasteiger partial charge in [-0.1, -0.05) is 0 Å². The molecule has 0 aliphatic heterocycles. The van der Waals surface area contributed by atoms with Gasteiger partial charge < -0.3 is 10.5 Å². The number of carbonyl (C=O) groups excluding carboxylic acids is 1. The Bertz CT molecular complexity index is 136. The zero-order valence-corrected chi connectivity index (χ0v) is 6.17. The smallest absolute Gasteiger partial charge is 0.309 e. The Labute approximate surface area is 60.5 Å². The van der Waals surface area contributed by atoms with E-state index in [9.17, 15) is 4.79 Å². The first-order valence-corrected chi connectivity index (χ1v) is 3.66. The van der Waals surface area contributed by atoms with Gasteiger partial charge in [-0.15, -0.1) is 0 Å². The Kier molecular flexibility index (Phi) is 2.27. The fourth-order valence-corrected chi connectivity index (χ4v) is 1.05. The molecule has 1 saturated carbocycles. The van der Waals surface area contributed by atoms with Crippen LogP contribution >= 0.6 is 0 Å². The van der Waals surface area contributed by atoms with Gasteiger partial charge in [-0.2, -0.15) is 0 Å². The van der Waals surface area contributed by atoms with Crippen LogP contribution in [0.3, 0.4) is 0 Å². The van der Waals surface area contributed by atoms with Crippen LogP contribution in [-0.4, -0.2) is 19.1 Å². The van der Waals surface area contributed by atoms with E-state index in [1.165, 1.54) is 0 Å². The second kappa shape index (κ2) is 3.01. The number of hydrogen-bond acceptors (Lipinski definition) is 3. The third-order valence-electron chi connectivity index (χ3n) is 1.81. The lowest BCUT2D eigenvalue weighted by molar-refractivity contribution is -0.145. The van der Waals surface area contributed by atoms with Crippen molar-refractivity contribution in [2.45, 2.75) is 13.3 Å². The molecule has 0 bridgehead atoms. The van der Waals surface area contributed by atoms with Crippen molar-refractivity contribution in [1.82, 2.24) is 0 Å².